The van der Waals surface area contributed by atoms with Crippen LogP contribution < -0.4 is 0 Å². The minimum Gasteiger partial charge on any atom is -0.207 e. The number of benzene rings is 1. The summed E-state index contributed by atoms with van der Waals surface area (Å²) in [5.74, 6) is 1.12. The van der Waals surface area contributed by atoms with Gasteiger partial charge in [0.05, 0.1) is 0 Å². The van der Waals surface area contributed by atoms with Crippen LogP contribution in [0.2, 0.25) is 0 Å². The Balaban J connectivity index is 2.09. The van der Waals surface area contributed by atoms with Crippen LogP contribution in [0.15, 0.2) is 94.7 Å². The molecule has 1 heteroatoms. The maximum atomic E-state index is 14.1. The molecule has 0 N–H and O–H groups in total. The van der Waals surface area contributed by atoms with Gasteiger partial charge in [-0.25, -0.2) is 4.39 Å². The van der Waals surface area contributed by atoms with Gasteiger partial charge in [-0.2, -0.15) is 0 Å². The normalized spacial score (nSPS) is 27.0. The highest BCUT2D eigenvalue weighted by molar-refractivity contribution is 5.49. The van der Waals surface area contributed by atoms with Gasteiger partial charge in [-0.15, -0.1) is 0 Å². The zero-order valence-electron chi connectivity index (χ0n) is 25.5. The Morgan fingerprint density at radius 1 is 1.13 bits per heavy atom. The third kappa shape index (κ3) is 6.41. The fourth-order valence-electron chi connectivity index (χ4n) is 6.84. The molecule has 0 aliphatic heterocycles. The van der Waals surface area contributed by atoms with Crippen LogP contribution in [0.3, 0.4) is 0 Å². The van der Waals surface area contributed by atoms with E-state index in [1.54, 1.807) is 17.7 Å². The van der Waals surface area contributed by atoms with Crippen molar-refractivity contribution in [2.24, 2.45) is 23.2 Å². The fourth-order valence-corrected chi connectivity index (χ4v) is 6.84. The van der Waals surface area contributed by atoms with E-state index in [4.69, 9.17) is 6.58 Å². The van der Waals surface area contributed by atoms with Gasteiger partial charge in [0, 0.05) is 5.41 Å². The van der Waals surface area contributed by atoms with Crippen LogP contribution in [0.25, 0.3) is 0 Å². The Morgan fingerprint density at radius 2 is 1.79 bits per heavy atom. The van der Waals surface area contributed by atoms with Crippen molar-refractivity contribution in [3.05, 3.63) is 106 Å². The summed E-state index contributed by atoms with van der Waals surface area (Å²) in [6, 6.07) is 7.42. The lowest BCUT2D eigenvalue weighted by atomic mass is 9.54. The highest BCUT2D eigenvalue weighted by Gasteiger charge is 2.47. The predicted molar refractivity (Wildman–Crippen MR) is 165 cm³/mol. The van der Waals surface area contributed by atoms with Crippen LogP contribution in [0.5, 0.6) is 0 Å². The second kappa shape index (κ2) is 12.2. The van der Waals surface area contributed by atoms with Gasteiger partial charge < -0.3 is 0 Å². The minimum absolute atomic E-state index is 0.0612. The van der Waals surface area contributed by atoms with Crippen molar-refractivity contribution >= 4 is 0 Å². The molecule has 0 heterocycles. The quantitative estimate of drug-likeness (QED) is 0.303. The van der Waals surface area contributed by atoms with Gasteiger partial charge in [0.1, 0.15) is 5.82 Å². The first kappa shape index (κ1) is 30.1. The number of allylic oxidation sites excluding steroid dienone is 11. The molecule has 0 nitrogen and oxygen atoms in total. The van der Waals surface area contributed by atoms with E-state index in [9.17, 15) is 4.39 Å². The molecule has 1 aromatic rings. The summed E-state index contributed by atoms with van der Waals surface area (Å²) < 4.78 is 14.1. The van der Waals surface area contributed by atoms with Gasteiger partial charge in [0.25, 0.3) is 0 Å². The highest BCUT2D eigenvalue weighted by atomic mass is 19.1. The zero-order valence-corrected chi connectivity index (χ0v) is 25.5. The summed E-state index contributed by atoms with van der Waals surface area (Å²) in [6.45, 7) is 25.1. The van der Waals surface area contributed by atoms with E-state index in [2.05, 4.69) is 105 Å². The second-order valence-corrected chi connectivity index (χ2v) is 13.1. The first-order valence-electron chi connectivity index (χ1n) is 14.7. The standard InChI is InChI=1S/C37H51F/c1-11-13-29(25(3)4)22-30-19-20-37(35(14-12-2)28(30)7,31-15-17-33(38)18-16-31)24-27(6)34-23-32(21-26(34)5)36(8,9)10/h11,13,15-18,21-23,26,28,35H,6,12,14,19-20,24H2,1-5,7-10H3. The fraction of sp³-hybridized carbons (Fsp3) is 0.514. The van der Waals surface area contributed by atoms with Gasteiger partial charge in [-0.3, -0.25) is 0 Å². The van der Waals surface area contributed by atoms with Crippen molar-refractivity contribution in [2.45, 2.75) is 99.8 Å². The number of rotatable bonds is 8. The Bertz CT molecular complexity index is 1150. The van der Waals surface area contributed by atoms with Gasteiger partial charge in [0.2, 0.25) is 0 Å². The largest absolute Gasteiger partial charge is 0.207 e. The summed E-state index contributed by atoms with van der Waals surface area (Å²) in [6.07, 6.45) is 17.0. The Hall–Kier alpha value is -2.41. The minimum atomic E-state index is -0.162. The second-order valence-electron chi connectivity index (χ2n) is 13.1. The van der Waals surface area contributed by atoms with E-state index in [-0.39, 0.29) is 16.6 Å². The number of hydrogen-bond acceptors (Lipinski definition) is 0. The van der Waals surface area contributed by atoms with Crippen molar-refractivity contribution in [1.82, 2.24) is 0 Å². The van der Waals surface area contributed by atoms with Crippen molar-refractivity contribution in [2.75, 3.05) is 0 Å². The van der Waals surface area contributed by atoms with Crippen molar-refractivity contribution < 1.29 is 4.39 Å². The molecule has 0 bridgehead atoms. The lowest BCUT2D eigenvalue weighted by Crippen LogP contribution is -2.43. The van der Waals surface area contributed by atoms with Gasteiger partial charge >= 0.3 is 0 Å². The topological polar surface area (TPSA) is 0 Å². The number of halogens is 1. The van der Waals surface area contributed by atoms with Crippen molar-refractivity contribution in [3.8, 4) is 0 Å². The molecule has 1 fully saturated rings. The smallest absolute Gasteiger partial charge is 0.123 e. The first-order valence-corrected chi connectivity index (χ1v) is 14.7. The molecule has 1 saturated carbocycles. The van der Waals surface area contributed by atoms with E-state index in [0.717, 1.165) is 32.1 Å². The molecule has 2 aliphatic rings. The monoisotopic (exact) mass is 514 g/mol. The van der Waals surface area contributed by atoms with Gasteiger partial charge in [-0.1, -0.05) is 114 Å². The molecular formula is C37H51F. The van der Waals surface area contributed by atoms with Gasteiger partial charge in [-0.05, 0) is 104 Å². The van der Waals surface area contributed by atoms with Crippen LogP contribution in [-0.2, 0) is 5.41 Å². The Kier molecular flexibility index (Phi) is 9.66. The predicted octanol–water partition coefficient (Wildman–Crippen LogP) is 11.2. The average molecular weight is 515 g/mol. The summed E-state index contributed by atoms with van der Waals surface area (Å²) in [5, 5.41) is 0. The molecule has 0 aromatic heterocycles. The van der Waals surface area contributed by atoms with E-state index in [1.807, 2.05) is 0 Å². The molecule has 0 amide bonds. The molecule has 38 heavy (non-hydrogen) atoms. The van der Waals surface area contributed by atoms with E-state index >= 15 is 0 Å². The molecule has 3 rings (SSSR count). The molecule has 4 unspecified atom stereocenters. The third-order valence-corrected chi connectivity index (χ3v) is 9.08. The lowest BCUT2D eigenvalue weighted by molar-refractivity contribution is 0.150. The van der Waals surface area contributed by atoms with Crippen LogP contribution in [0, 0.1) is 29.0 Å². The molecular weight excluding hydrogens is 463 g/mol. The van der Waals surface area contributed by atoms with Crippen LogP contribution >= 0.6 is 0 Å². The Labute approximate surface area is 233 Å². The molecule has 206 valence electrons. The van der Waals surface area contributed by atoms with Crippen molar-refractivity contribution in [3.63, 3.8) is 0 Å². The van der Waals surface area contributed by atoms with Crippen molar-refractivity contribution in [1.29, 1.82) is 0 Å². The highest BCUT2D eigenvalue weighted by Crippen LogP contribution is 2.55. The lowest BCUT2D eigenvalue weighted by Gasteiger charge is -2.50. The molecule has 4 atom stereocenters. The van der Waals surface area contributed by atoms with E-state index in [1.165, 1.54) is 33.4 Å². The van der Waals surface area contributed by atoms with Crippen LogP contribution in [0.1, 0.15) is 100.0 Å². The van der Waals surface area contributed by atoms with Crippen LogP contribution in [0.4, 0.5) is 4.39 Å². The van der Waals surface area contributed by atoms with E-state index < -0.39 is 0 Å². The molecule has 0 spiro atoms. The van der Waals surface area contributed by atoms with Gasteiger partial charge in [0.15, 0.2) is 0 Å². The average Bonchev–Trinajstić information content (AvgIpc) is 3.25. The number of hydrogen-bond donors (Lipinski definition) is 0. The third-order valence-electron chi connectivity index (χ3n) is 9.08. The SMILES string of the molecule is C=C(CC1(c2ccc(F)cc2)CCC(=CC(C=CC)=C(C)C)C(C)C1CCC)C1=CC(C(C)(C)C)=CC1C. The van der Waals surface area contributed by atoms with Crippen LogP contribution in [-0.4, -0.2) is 0 Å². The molecule has 0 radical (unpaired) electrons. The maximum Gasteiger partial charge on any atom is 0.123 e. The summed E-state index contributed by atoms with van der Waals surface area (Å²) in [7, 11) is 0. The summed E-state index contributed by atoms with van der Waals surface area (Å²) in [4.78, 5) is 0. The summed E-state index contributed by atoms with van der Waals surface area (Å²) in [5.41, 5.74) is 9.59. The zero-order chi connectivity index (χ0) is 28.3. The maximum absolute atomic E-state index is 14.1. The van der Waals surface area contributed by atoms with E-state index in [0.29, 0.717) is 17.8 Å². The molecule has 2 aliphatic carbocycles. The summed E-state index contributed by atoms with van der Waals surface area (Å²) >= 11 is 0. The molecule has 0 saturated heterocycles. The molecule has 1 aromatic carbocycles. The Morgan fingerprint density at radius 3 is 2.32 bits per heavy atom. The first-order chi connectivity index (χ1) is 17.8.